The third kappa shape index (κ3) is 3.56. The summed E-state index contributed by atoms with van der Waals surface area (Å²) in [5.74, 6) is 1.69. The van der Waals surface area contributed by atoms with Crippen LogP contribution in [0.15, 0.2) is 11.1 Å². The van der Waals surface area contributed by atoms with E-state index in [-0.39, 0.29) is 24.1 Å². The van der Waals surface area contributed by atoms with Gasteiger partial charge in [0.25, 0.3) is 5.56 Å². The van der Waals surface area contributed by atoms with Crippen LogP contribution in [0.1, 0.15) is 56.9 Å². The van der Waals surface area contributed by atoms with Crippen LogP contribution >= 0.6 is 11.3 Å². The van der Waals surface area contributed by atoms with Gasteiger partial charge in [-0.15, -0.1) is 11.3 Å². The molecule has 0 spiro atoms. The van der Waals surface area contributed by atoms with Crippen molar-refractivity contribution in [2.75, 3.05) is 0 Å². The van der Waals surface area contributed by atoms with Crippen molar-refractivity contribution in [1.29, 1.82) is 0 Å². The van der Waals surface area contributed by atoms with Crippen molar-refractivity contribution in [2.24, 2.45) is 17.8 Å². The molecule has 0 saturated heterocycles. The minimum atomic E-state index is -0.0816. The Morgan fingerprint density at radius 3 is 2.93 bits per heavy atom. The predicted molar refractivity (Wildman–Crippen MR) is 109 cm³/mol. The number of carbonyl (C=O) groups excluding carboxylic acids is 1. The van der Waals surface area contributed by atoms with Gasteiger partial charge in [0.05, 0.1) is 11.7 Å². The van der Waals surface area contributed by atoms with Crippen LogP contribution in [-0.2, 0) is 24.2 Å². The fourth-order valence-corrected chi connectivity index (χ4v) is 6.01. The molecule has 4 unspecified atom stereocenters. The average Bonchev–Trinajstić information content (AvgIpc) is 2.99. The molecule has 1 fully saturated rings. The Morgan fingerprint density at radius 1 is 1.30 bits per heavy atom. The van der Waals surface area contributed by atoms with E-state index in [0.717, 1.165) is 42.3 Å². The zero-order valence-electron chi connectivity index (χ0n) is 16.5. The highest BCUT2D eigenvalue weighted by atomic mass is 32.1. The van der Waals surface area contributed by atoms with Gasteiger partial charge in [-0.2, -0.15) is 0 Å². The van der Waals surface area contributed by atoms with Crippen LogP contribution in [0.2, 0.25) is 0 Å². The number of rotatable bonds is 3. The molecule has 1 amide bonds. The van der Waals surface area contributed by atoms with E-state index >= 15 is 0 Å². The van der Waals surface area contributed by atoms with Gasteiger partial charge < -0.3 is 5.32 Å². The molecule has 27 heavy (non-hydrogen) atoms. The first-order valence-electron chi connectivity index (χ1n) is 10.2. The Balaban J connectivity index is 1.55. The van der Waals surface area contributed by atoms with Crippen LogP contribution in [0.3, 0.4) is 0 Å². The van der Waals surface area contributed by atoms with Gasteiger partial charge in [-0.3, -0.25) is 14.2 Å². The summed E-state index contributed by atoms with van der Waals surface area (Å²) in [6, 6.07) is 0.212. The van der Waals surface area contributed by atoms with E-state index in [9.17, 15) is 9.59 Å². The van der Waals surface area contributed by atoms with E-state index in [2.05, 4.69) is 31.1 Å². The van der Waals surface area contributed by atoms with Gasteiger partial charge in [0.15, 0.2) is 0 Å². The fraction of sp³-hybridized carbons (Fsp3) is 0.667. The Labute approximate surface area is 164 Å². The highest BCUT2D eigenvalue weighted by Gasteiger charge is 2.28. The third-order valence-corrected chi connectivity index (χ3v) is 7.81. The molecule has 0 radical (unpaired) electrons. The van der Waals surface area contributed by atoms with Crippen molar-refractivity contribution in [3.05, 3.63) is 27.1 Å². The highest BCUT2D eigenvalue weighted by molar-refractivity contribution is 7.18. The number of carbonyl (C=O) groups is 1. The summed E-state index contributed by atoms with van der Waals surface area (Å²) in [7, 11) is 0. The number of nitrogens with one attached hydrogen (secondary N) is 1. The number of amides is 1. The lowest BCUT2D eigenvalue weighted by molar-refractivity contribution is -0.123. The van der Waals surface area contributed by atoms with Gasteiger partial charge in [-0.1, -0.05) is 33.6 Å². The number of fused-ring (bicyclic) bond motifs is 3. The molecule has 2 aromatic rings. The van der Waals surface area contributed by atoms with Gasteiger partial charge in [-0.05, 0) is 49.0 Å². The van der Waals surface area contributed by atoms with Crippen LogP contribution in [0.5, 0.6) is 0 Å². The Kier molecular flexibility index (Phi) is 5.10. The lowest BCUT2D eigenvalue weighted by atomic mass is 9.78. The van der Waals surface area contributed by atoms with Crippen LogP contribution in [0.25, 0.3) is 10.2 Å². The second-order valence-electron chi connectivity index (χ2n) is 8.65. The number of nitrogens with zero attached hydrogens (tertiary/aromatic N) is 2. The molecule has 1 saturated carbocycles. The largest absolute Gasteiger partial charge is 0.352 e. The monoisotopic (exact) mass is 387 g/mol. The van der Waals surface area contributed by atoms with Crippen molar-refractivity contribution < 1.29 is 4.79 Å². The lowest BCUT2D eigenvalue weighted by Crippen LogP contribution is -2.45. The number of hydrogen-bond acceptors (Lipinski definition) is 4. The van der Waals surface area contributed by atoms with E-state index in [1.165, 1.54) is 21.4 Å². The number of aromatic nitrogens is 2. The molecule has 0 aromatic carbocycles. The summed E-state index contributed by atoms with van der Waals surface area (Å²) in [5.41, 5.74) is 1.11. The Morgan fingerprint density at radius 2 is 2.11 bits per heavy atom. The first kappa shape index (κ1) is 18.7. The van der Waals surface area contributed by atoms with E-state index < -0.39 is 0 Å². The molecule has 2 aliphatic carbocycles. The van der Waals surface area contributed by atoms with Crippen molar-refractivity contribution in [1.82, 2.24) is 14.9 Å². The van der Waals surface area contributed by atoms with Crippen molar-refractivity contribution in [3.8, 4) is 0 Å². The summed E-state index contributed by atoms with van der Waals surface area (Å²) < 4.78 is 1.49. The average molecular weight is 388 g/mol. The molecule has 2 aliphatic rings. The zero-order valence-corrected chi connectivity index (χ0v) is 17.3. The lowest BCUT2D eigenvalue weighted by Gasteiger charge is -2.34. The third-order valence-electron chi connectivity index (χ3n) is 6.65. The van der Waals surface area contributed by atoms with Gasteiger partial charge in [0, 0.05) is 10.9 Å². The minimum Gasteiger partial charge on any atom is -0.352 e. The van der Waals surface area contributed by atoms with Crippen molar-refractivity contribution in [2.45, 2.75) is 71.9 Å². The smallest absolute Gasteiger partial charge is 0.262 e. The van der Waals surface area contributed by atoms with Crippen LogP contribution < -0.4 is 10.9 Å². The summed E-state index contributed by atoms with van der Waals surface area (Å²) in [6.45, 7) is 6.79. The van der Waals surface area contributed by atoms with E-state index in [0.29, 0.717) is 17.8 Å². The SMILES string of the molecule is CC1CCc2c(sc3ncn(CC(=O)NC4CCCC(C)C4C)c(=O)c23)C1. The number of aryl methyl sites for hydroxylation is 1. The summed E-state index contributed by atoms with van der Waals surface area (Å²) >= 11 is 1.65. The number of thiophene rings is 1. The van der Waals surface area contributed by atoms with Crippen molar-refractivity contribution >= 4 is 27.5 Å². The maximum absolute atomic E-state index is 13.0. The first-order valence-corrected chi connectivity index (χ1v) is 11.0. The molecule has 5 nitrogen and oxygen atoms in total. The molecular formula is C21H29N3O2S. The topological polar surface area (TPSA) is 64.0 Å². The van der Waals surface area contributed by atoms with Gasteiger partial charge in [0.2, 0.25) is 5.91 Å². The van der Waals surface area contributed by atoms with Gasteiger partial charge >= 0.3 is 0 Å². The molecule has 146 valence electrons. The second-order valence-corrected chi connectivity index (χ2v) is 9.73. The fourth-order valence-electron chi connectivity index (χ4n) is 4.67. The minimum absolute atomic E-state index is 0.0559. The molecule has 4 atom stereocenters. The normalized spacial score (nSPS) is 28.1. The van der Waals surface area contributed by atoms with E-state index in [1.807, 2.05) is 0 Å². The molecule has 6 heteroatoms. The van der Waals surface area contributed by atoms with Gasteiger partial charge in [0.1, 0.15) is 11.4 Å². The molecular weight excluding hydrogens is 358 g/mol. The molecule has 1 N–H and O–H groups in total. The van der Waals surface area contributed by atoms with Gasteiger partial charge in [-0.25, -0.2) is 4.98 Å². The maximum atomic E-state index is 13.0. The predicted octanol–water partition coefficient (Wildman–Crippen LogP) is 3.52. The van der Waals surface area contributed by atoms with E-state index in [1.54, 1.807) is 17.7 Å². The molecule has 4 rings (SSSR count). The highest BCUT2D eigenvalue weighted by Crippen LogP contribution is 2.35. The summed E-state index contributed by atoms with van der Waals surface area (Å²) in [6.07, 6.45) is 8.06. The standard InChI is InChI=1S/C21H29N3O2S/c1-12-7-8-15-17(9-12)27-20-19(15)21(26)24(11-22-20)10-18(25)23-16-6-4-5-13(2)14(16)3/h11-14,16H,4-10H2,1-3H3,(H,23,25). The molecule has 2 aromatic heterocycles. The van der Waals surface area contributed by atoms with Crippen LogP contribution in [0, 0.1) is 17.8 Å². The first-order chi connectivity index (χ1) is 12.9. The zero-order chi connectivity index (χ0) is 19.1. The Bertz CT molecular complexity index is 916. The Hall–Kier alpha value is -1.69. The number of hydrogen-bond donors (Lipinski definition) is 1. The maximum Gasteiger partial charge on any atom is 0.262 e. The van der Waals surface area contributed by atoms with Crippen molar-refractivity contribution in [3.63, 3.8) is 0 Å². The molecule has 0 aliphatic heterocycles. The molecule has 2 heterocycles. The van der Waals surface area contributed by atoms with E-state index in [4.69, 9.17) is 0 Å². The summed E-state index contributed by atoms with van der Waals surface area (Å²) in [4.78, 5) is 32.3. The molecule has 0 bridgehead atoms. The second kappa shape index (κ2) is 7.38. The summed E-state index contributed by atoms with van der Waals surface area (Å²) in [5, 5.41) is 3.91. The van der Waals surface area contributed by atoms with Crippen LogP contribution in [0.4, 0.5) is 0 Å². The van der Waals surface area contributed by atoms with Crippen LogP contribution in [-0.4, -0.2) is 21.5 Å². The quantitative estimate of drug-likeness (QED) is 0.876.